The van der Waals surface area contributed by atoms with E-state index in [9.17, 15) is 35.9 Å². The van der Waals surface area contributed by atoms with Crippen molar-refractivity contribution >= 4 is 11.9 Å². The number of alkyl halides is 6. The summed E-state index contributed by atoms with van der Waals surface area (Å²) in [6, 6.07) is 0.692. The molecule has 1 fully saturated rings. The molecule has 0 aliphatic carbocycles. The Kier molecular flexibility index (Phi) is 7.43. The molecule has 1 aliphatic rings. The van der Waals surface area contributed by atoms with Gasteiger partial charge in [-0.2, -0.15) is 31.4 Å². The minimum Gasteiger partial charge on any atom is -0.338 e. The van der Waals surface area contributed by atoms with Gasteiger partial charge in [0, 0.05) is 51.5 Å². The van der Waals surface area contributed by atoms with Gasteiger partial charge >= 0.3 is 12.4 Å². The van der Waals surface area contributed by atoms with E-state index in [-0.39, 0.29) is 37.1 Å². The van der Waals surface area contributed by atoms with Gasteiger partial charge in [0.15, 0.2) is 0 Å². The first-order chi connectivity index (χ1) is 15.8. The van der Waals surface area contributed by atoms with Gasteiger partial charge in [0.1, 0.15) is 5.56 Å². The van der Waals surface area contributed by atoms with E-state index in [1.807, 2.05) is 5.10 Å². The second-order valence-electron chi connectivity index (χ2n) is 7.72. The Hall–Kier alpha value is -3.23. The predicted octanol–water partition coefficient (Wildman–Crippen LogP) is 1.42. The van der Waals surface area contributed by atoms with Gasteiger partial charge in [-0.25, -0.2) is 15.1 Å². The summed E-state index contributed by atoms with van der Waals surface area (Å²) >= 11 is 0. The minimum atomic E-state index is -4.79. The number of nitrogens with one attached hydrogen (secondary N) is 1. The third kappa shape index (κ3) is 6.42. The molecule has 0 bridgehead atoms. The molecule has 3 rings (SSSR count). The number of aromatic amines is 1. The van der Waals surface area contributed by atoms with E-state index in [1.165, 1.54) is 0 Å². The van der Waals surface area contributed by atoms with E-state index in [0.717, 1.165) is 0 Å². The van der Waals surface area contributed by atoms with Gasteiger partial charge in [0.2, 0.25) is 11.9 Å². The van der Waals surface area contributed by atoms with Gasteiger partial charge in [0.05, 0.1) is 17.8 Å². The third-order valence-electron chi connectivity index (χ3n) is 5.20. The molecule has 1 N–H and O–H groups in total. The second kappa shape index (κ2) is 9.95. The van der Waals surface area contributed by atoms with Crippen LogP contribution in [0.2, 0.25) is 0 Å². The van der Waals surface area contributed by atoms with E-state index in [4.69, 9.17) is 0 Å². The number of amides is 1. The van der Waals surface area contributed by atoms with Crippen LogP contribution in [0.15, 0.2) is 23.3 Å². The van der Waals surface area contributed by atoms with Crippen molar-refractivity contribution in [2.24, 2.45) is 0 Å². The number of carbonyl (C=O) groups excluding carboxylic acids is 1. The fraction of sp³-hybridized carbons (Fsp3) is 0.526. The smallest absolute Gasteiger partial charge is 0.338 e. The molecule has 9 nitrogen and oxygen atoms in total. The lowest BCUT2D eigenvalue weighted by Gasteiger charge is -2.35. The zero-order chi connectivity index (χ0) is 25.1. The molecule has 0 aromatic carbocycles. The van der Waals surface area contributed by atoms with Gasteiger partial charge < -0.3 is 9.80 Å². The summed E-state index contributed by atoms with van der Waals surface area (Å²) in [4.78, 5) is 36.2. The quantitative estimate of drug-likeness (QED) is 0.608. The molecule has 1 aliphatic heterocycles. The van der Waals surface area contributed by atoms with Crippen molar-refractivity contribution in [1.29, 1.82) is 0 Å². The molecule has 15 heteroatoms. The van der Waals surface area contributed by atoms with Gasteiger partial charge in [-0.05, 0) is 13.1 Å². The van der Waals surface area contributed by atoms with Crippen LogP contribution in [0.4, 0.5) is 32.3 Å². The van der Waals surface area contributed by atoms with Crippen LogP contribution in [0.3, 0.4) is 0 Å². The van der Waals surface area contributed by atoms with Crippen LogP contribution >= 0.6 is 0 Å². The highest BCUT2D eigenvalue weighted by Crippen LogP contribution is 2.28. The standard InChI is InChI=1S/C19H21F6N7O2/c1-30(3-2-13-8-14(19(23,24)25)16(34)29-28-13)11-15(33)31-4-6-32(7-5-31)17-26-9-12(10-27-17)18(20,21)22/h8-10H,2-7,11H2,1H3,(H,29,34). The molecule has 0 atom stereocenters. The topological polar surface area (TPSA) is 98.3 Å². The predicted molar refractivity (Wildman–Crippen MR) is 107 cm³/mol. The first kappa shape index (κ1) is 25.4. The maximum absolute atomic E-state index is 12.8. The Morgan fingerprint density at radius 2 is 1.68 bits per heavy atom. The van der Waals surface area contributed by atoms with E-state index in [0.29, 0.717) is 44.6 Å². The Morgan fingerprint density at radius 3 is 2.24 bits per heavy atom. The van der Waals surface area contributed by atoms with Gasteiger partial charge in [-0.3, -0.25) is 14.5 Å². The Labute approximate surface area is 189 Å². The second-order valence-corrected chi connectivity index (χ2v) is 7.72. The number of halogens is 6. The lowest BCUT2D eigenvalue weighted by atomic mass is 10.2. The molecule has 1 saturated heterocycles. The number of anilines is 1. The lowest BCUT2D eigenvalue weighted by Crippen LogP contribution is -2.51. The molecule has 34 heavy (non-hydrogen) atoms. The molecular weight excluding hydrogens is 472 g/mol. The first-order valence-electron chi connectivity index (χ1n) is 10.1. The van der Waals surface area contributed by atoms with Crippen molar-refractivity contribution in [3.63, 3.8) is 0 Å². The number of piperazine rings is 1. The molecule has 186 valence electrons. The average Bonchev–Trinajstić information content (AvgIpc) is 2.77. The van der Waals surface area contributed by atoms with Crippen LogP contribution in [0.1, 0.15) is 16.8 Å². The number of carbonyl (C=O) groups is 1. The van der Waals surface area contributed by atoms with E-state index >= 15 is 0 Å². The largest absolute Gasteiger partial charge is 0.421 e. The summed E-state index contributed by atoms with van der Waals surface area (Å²) in [5.41, 5.74) is -3.55. The van der Waals surface area contributed by atoms with Crippen LogP contribution in [0, 0.1) is 0 Å². The molecule has 0 spiro atoms. The molecule has 1 amide bonds. The fourth-order valence-corrected chi connectivity index (χ4v) is 3.29. The maximum Gasteiger partial charge on any atom is 0.421 e. The lowest BCUT2D eigenvalue weighted by molar-refractivity contribution is -0.139. The van der Waals surface area contributed by atoms with Crippen molar-refractivity contribution in [2.75, 3.05) is 51.2 Å². The number of likely N-dealkylation sites (N-methyl/N-ethyl adjacent to an activating group) is 1. The molecule has 2 aromatic rings. The normalized spacial score (nSPS) is 15.2. The minimum absolute atomic E-state index is 0.00621. The van der Waals surface area contributed by atoms with Crippen molar-refractivity contribution in [1.82, 2.24) is 30.0 Å². The third-order valence-corrected chi connectivity index (χ3v) is 5.20. The Balaban J connectivity index is 1.47. The van der Waals surface area contributed by atoms with E-state index in [1.54, 1.807) is 21.7 Å². The first-order valence-corrected chi connectivity index (χ1v) is 10.1. The van der Waals surface area contributed by atoms with Crippen LogP contribution in [-0.4, -0.2) is 82.2 Å². The average molecular weight is 493 g/mol. The summed E-state index contributed by atoms with van der Waals surface area (Å²) < 4.78 is 76.4. The zero-order valence-electron chi connectivity index (χ0n) is 17.9. The van der Waals surface area contributed by atoms with Gasteiger partial charge in [-0.1, -0.05) is 0 Å². The number of rotatable bonds is 6. The van der Waals surface area contributed by atoms with Crippen LogP contribution in [0.5, 0.6) is 0 Å². The van der Waals surface area contributed by atoms with Crippen molar-refractivity contribution < 1.29 is 31.1 Å². The highest BCUT2D eigenvalue weighted by Gasteiger charge is 2.34. The summed E-state index contributed by atoms with van der Waals surface area (Å²) in [5.74, 6) is -0.0651. The number of H-pyrrole nitrogens is 1. The maximum atomic E-state index is 12.8. The molecule has 0 unspecified atom stereocenters. The van der Waals surface area contributed by atoms with E-state index < -0.39 is 29.0 Å². The Morgan fingerprint density at radius 1 is 1.06 bits per heavy atom. The monoisotopic (exact) mass is 493 g/mol. The van der Waals surface area contributed by atoms with Crippen LogP contribution in [-0.2, 0) is 23.6 Å². The molecule has 3 heterocycles. The van der Waals surface area contributed by atoms with Crippen molar-refractivity contribution in [3.05, 3.63) is 45.6 Å². The molecule has 2 aromatic heterocycles. The van der Waals surface area contributed by atoms with Gasteiger partial charge in [0.25, 0.3) is 5.56 Å². The number of hydrogen-bond acceptors (Lipinski definition) is 7. The van der Waals surface area contributed by atoms with Crippen molar-refractivity contribution in [2.45, 2.75) is 18.8 Å². The summed E-state index contributed by atoms with van der Waals surface area (Å²) in [5, 5.41) is 5.44. The summed E-state index contributed by atoms with van der Waals surface area (Å²) in [6.07, 6.45) is -7.80. The number of hydrogen-bond donors (Lipinski definition) is 1. The number of nitrogens with zero attached hydrogens (tertiary/aromatic N) is 6. The molecular formula is C19H21F6N7O2. The fourth-order valence-electron chi connectivity index (χ4n) is 3.29. The summed E-state index contributed by atoms with van der Waals surface area (Å²) in [7, 11) is 1.63. The highest BCUT2D eigenvalue weighted by atomic mass is 19.4. The van der Waals surface area contributed by atoms with Gasteiger partial charge in [-0.15, -0.1) is 0 Å². The molecule has 0 saturated carbocycles. The van der Waals surface area contributed by atoms with E-state index in [2.05, 4.69) is 15.1 Å². The summed E-state index contributed by atoms with van der Waals surface area (Å²) in [6.45, 7) is 1.53. The SMILES string of the molecule is CN(CCc1cc(C(F)(F)F)c(=O)[nH]n1)CC(=O)N1CCN(c2ncc(C(F)(F)F)cn2)CC1. The van der Waals surface area contributed by atoms with Crippen molar-refractivity contribution in [3.8, 4) is 0 Å². The molecule has 0 radical (unpaired) electrons. The highest BCUT2D eigenvalue weighted by molar-refractivity contribution is 5.78. The Bertz CT molecular complexity index is 1050. The number of aromatic nitrogens is 4. The zero-order valence-corrected chi connectivity index (χ0v) is 17.9. The van der Waals surface area contributed by atoms with Crippen LogP contribution < -0.4 is 10.5 Å². The van der Waals surface area contributed by atoms with Crippen LogP contribution in [0.25, 0.3) is 0 Å².